The summed E-state index contributed by atoms with van der Waals surface area (Å²) >= 11 is 13.3. The molecule has 2 aromatic rings. The summed E-state index contributed by atoms with van der Waals surface area (Å²) in [5, 5.41) is 13.4. The number of thiophene rings is 1. The first-order valence-electron chi connectivity index (χ1n) is 7.61. The van der Waals surface area contributed by atoms with E-state index >= 15 is 0 Å². The molecule has 0 unspecified atom stereocenters. The van der Waals surface area contributed by atoms with E-state index < -0.39 is 24.0 Å². The van der Waals surface area contributed by atoms with Crippen molar-refractivity contribution in [2.75, 3.05) is 6.61 Å². The van der Waals surface area contributed by atoms with Crippen LogP contribution in [0.4, 0.5) is 0 Å². The zero-order chi connectivity index (χ0) is 18.2. The second kappa shape index (κ2) is 6.83. The molecule has 1 N–H and O–H groups in total. The van der Waals surface area contributed by atoms with Gasteiger partial charge in [0.05, 0.1) is 11.1 Å². The van der Waals surface area contributed by atoms with Crippen molar-refractivity contribution in [3.8, 4) is 6.07 Å². The molecule has 1 saturated carbocycles. The molecule has 1 atom stereocenters. The van der Waals surface area contributed by atoms with Crippen molar-refractivity contribution in [1.82, 2.24) is 5.32 Å². The van der Waals surface area contributed by atoms with Crippen LogP contribution in [0.15, 0.2) is 18.2 Å². The van der Waals surface area contributed by atoms with Gasteiger partial charge in [0.2, 0.25) is 0 Å². The summed E-state index contributed by atoms with van der Waals surface area (Å²) in [5.74, 6) is -1.04. The largest absolute Gasteiger partial charge is 0.451 e. The van der Waals surface area contributed by atoms with Gasteiger partial charge < -0.3 is 10.1 Å². The van der Waals surface area contributed by atoms with Crippen molar-refractivity contribution in [3.05, 3.63) is 33.1 Å². The highest BCUT2D eigenvalue weighted by Crippen LogP contribution is 2.39. The molecule has 1 aliphatic carbocycles. The van der Waals surface area contributed by atoms with Crippen LogP contribution in [0.25, 0.3) is 10.1 Å². The third-order valence-electron chi connectivity index (χ3n) is 4.14. The number of nitrogens with one attached hydrogen (secondary N) is 1. The number of amides is 1. The van der Waals surface area contributed by atoms with Crippen LogP contribution >= 0.6 is 34.5 Å². The number of hydrogen-bond acceptors (Lipinski definition) is 5. The Bertz CT molecular complexity index is 901. The Hall–Kier alpha value is -1.81. The van der Waals surface area contributed by atoms with Crippen molar-refractivity contribution >= 4 is 56.5 Å². The van der Waals surface area contributed by atoms with E-state index in [9.17, 15) is 14.9 Å². The normalized spacial score (nSPS) is 16.1. The molecule has 0 radical (unpaired) electrons. The molecule has 1 heterocycles. The number of halogens is 2. The van der Waals surface area contributed by atoms with Crippen molar-refractivity contribution in [2.24, 2.45) is 5.92 Å². The van der Waals surface area contributed by atoms with Gasteiger partial charge in [-0.05, 0) is 37.8 Å². The molecule has 1 amide bonds. The lowest BCUT2D eigenvalue weighted by Gasteiger charge is -2.22. The minimum Gasteiger partial charge on any atom is -0.451 e. The first-order valence-corrected chi connectivity index (χ1v) is 9.18. The van der Waals surface area contributed by atoms with E-state index in [1.54, 1.807) is 25.1 Å². The van der Waals surface area contributed by atoms with Crippen LogP contribution < -0.4 is 5.32 Å². The van der Waals surface area contributed by atoms with Crippen LogP contribution in [-0.2, 0) is 9.53 Å². The van der Waals surface area contributed by atoms with Gasteiger partial charge in [0.1, 0.15) is 10.4 Å². The summed E-state index contributed by atoms with van der Waals surface area (Å²) in [5.41, 5.74) is -0.921. The lowest BCUT2D eigenvalue weighted by atomic mass is 9.98. The summed E-state index contributed by atoms with van der Waals surface area (Å²) < 4.78 is 5.82. The maximum atomic E-state index is 12.2. The van der Waals surface area contributed by atoms with E-state index in [4.69, 9.17) is 27.9 Å². The van der Waals surface area contributed by atoms with Crippen LogP contribution in [0.1, 0.15) is 29.4 Å². The van der Waals surface area contributed by atoms with Gasteiger partial charge in [-0.2, -0.15) is 5.26 Å². The maximum absolute atomic E-state index is 12.2. The molecule has 25 heavy (non-hydrogen) atoms. The summed E-state index contributed by atoms with van der Waals surface area (Å²) in [6.45, 7) is 1.21. The minimum atomic E-state index is -0.921. The molecule has 0 aliphatic heterocycles. The van der Waals surface area contributed by atoms with Crippen LogP contribution in [0.2, 0.25) is 10.0 Å². The highest BCUT2D eigenvalue weighted by atomic mass is 35.5. The zero-order valence-corrected chi connectivity index (χ0v) is 15.6. The number of nitriles is 1. The highest BCUT2D eigenvalue weighted by molar-refractivity contribution is 7.21. The van der Waals surface area contributed by atoms with Gasteiger partial charge in [-0.3, -0.25) is 4.79 Å². The number of carbonyl (C=O) groups excluding carboxylic acids is 2. The SMILES string of the molecule is C[C@](C#N)(NC(=O)COC(=O)c1sc2cc(Cl)ccc2c1Cl)C1CC1. The zero-order valence-electron chi connectivity index (χ0n) is 13.3. The monoisotopic (exact) mass is 396 g/mol. The fourth-order valence-corrected chi connectivity index (χ4v) is 4.25. The standard InChI is InChI=1S/C17H14Cl2N2O3S/c1-17(8-20,9-2-3-9)21-13(22)7-24-16(23)15-14(19)11-5-4-10(18)6-12(11)25-15/h4-6,9H,2-3,7H2,1H3,(H,21,22)/t17-/m1/s1. The number of rotatable bonds is 5. The van der Waals surface area contributed by atoms with E-state index in [0.717, 1.165) is 28.9 Å². The molecule has 1 fully saturated rings. The molecule has 1 aromatic heterocycles. The number of nitrogens with zero attached hydrogens (tertiary/aromatic N) is 1. The lowest BCUT2D eigenvalue weighted by molar-refractivity contribution is -0.125. The number of fused-ring (bicyclic) bond motifs is 1. The number of hydrogen-bond donors (Lipinski definition) is 1. The maximum Gasteiger partial charge on any atom is 0.350 e. The number of ether oxygens (including phenoxy) is 1. The lowest BCUT2D eigenvalue weighted by Crippen LogP contribution is -2.48. The van der Waals surface area contributed by atoms with Gasteiger partial charge in [0.25, 0.3) is 5.91 Å². The fraction of sp³-hybridized carbons (Fsp3) is 0.353. The first-order chi connectivity index (χ1) is 11.8. The van der Waals surface area contributed by atoms with E-state index in [2.05, 4.69) is 11.4 Å². The summed E-state index contributed by atoms with van der Waals surface area (Å²) in [7, 11) is 0. The van der Waals surface area contributed by atoms with E-state index in [-0.39, 0.29) is 15.8 Å². The molecule has 1 aliphatic rings. The molecule has 130 valence electrons. The Morgan fingerprint density at radius 3 is 2.80 bits per heavy atom. The molecule has 0 bridgehead atoms. The van der Waals surface area contributed by atoms with Crippen molar-refractivity contribution in [2.45, 2.75) is 25.3 Å². The smallest absolute Gasteiger partial charge is 0.350 e. The first kappa shape index (κ1) is 18.0. The molecule has 0 saturated heterocycles. The van der Waals surface area contributed by atoms with E-state index in [1.807, 2.05) is 0 Å². The fourth-order valence-electron chi connectivity index (χ4n) is 2.57. The minimum absolute atomic E-state index is 0.152. The van der Waals surface area contributed by atoms with Crippen LogP contribution in [0, 0.1) is 17.2 Å². The van der Waals surface area contributed by atoms with Crippen molar-refractivity contribution in [1.29, 1.82) is 5.26 Å². The second-order valence-corrected chi connectivity index (χ2v) is 7.96. The Labute approximate surface area is 158 Å². The highest BCUT2D eigenvalue weighted by Gasteiger charge is 2.43. The Morgan fingerprint density at radius 1 is 1.44 bits per heavy atom. The van der Waals surface area contributed by atoms with Crippen LogP contribution in [0.3, 0.4) is 0 Å². The van der Waals surface area contributed by atoms with Gasteiger partial charge in [-0.15, -0.1) is 11.3 Å². The molecule has 5 nitrogen and oxygen atoms in total. The predicted molar refractivity (Wildman–Crippen MR) is 97.0 cm³/mol. The van der Waals surface area contributed by atoms with Crippen LogP contribution in [0.5, 0.6) is 0 Å². The Kier molecular flexibility index (Phi) is 4.92. The van der Waals surface area contributed by atoms with Gasteiger partial charge in [0.15, 0.2) is 6.61 Å². The summed E-state index contributed by atoms with van der Waals surface area (Å²) in [6.07, 6.45) is 1.81. The van der Waals surface area contributed by atoms with Crippen LogP contribution in [-0.4, -0.2) is 24.0 Å². The van der Waals surface area contributed by atoms with Gasteiger partial charge >= 0.3 is 5.97 Å². The molecule has 3 rings (SSSR count). The topological polar surface area (TPSA) is 79.2 Å². The summed E-state index contributed by atoms with van der Waals surface area (Å²) in [4.78, 5) is 24.5. The third-order valence-corrected chi connectivity index (χ3v) is 6.01. The molecular formula is C17H14Cl2N2O3S. The Balaban J connectivity index is 1.66. The third kappa shape index (κ3) is 3.74. The van der Waals surface area contributed by atoms with Crippen molar-refractivity contribution in [3.63, 3.8) is 0 Å². The molecule has 0 spiro atoms. The van der Waals surface area contributed by atoms with Gasteiger partial charge in [-0.25, -0.2) is 4.79 Å². The second-order valence-electron chi connectivity index (χ2n) is 6.10. The van der Waals surface area contributed by atoms with E-state index in [0.29, 0.717) is 10.4 Å². The van der Waals surface area contributed by atoms with Crippen molar-refractivity contribution < 1.29 is 14.3 Å². The molecule has 8 heteroatoms. The van der Waals surface area contributed by atoms with Gasteiger partial charge in [-0.1, -0.05) is 29.3 Å². The molecular weight excluding hydrogens is 383 g/mol. The molecule has 1 aromatic carbocycles. The number of esters is 1. The van der Waals surface area contributed by atoms with Gasteiger partial charge in [0, 0.05) is 15.1 Å². The average Bonchev–Trinajstić information content (AvgIpc) is 3.38. The number of benzene rings is 1. The Morgan fingerprint density at radius 2 is 2.16 bits per heavy atom. The summed E-state index contributed by atoms with van der Waals surface area (Å²) in [6, 6.07) is 7.25. The predicted octanol–water partition coefficient (Wildman–Crippen LogP) is 4.17. The number of carbonyl (C=O) groups is 2. The quantitative estimate of drug-likeness (QED) is 0.768. The average molecular weight is 397 g/mol. The van der Waals surface area contributed by atoms with E-state index in [1.165, 1.54) is 0 Å².